The van der Waals surface area contributed by atoms with E-state index >= 15 is 0 Å². The van der Waals surface area contributed by atoms with Gasteiger partial charge in [-0.15, -0.1) is 0 Å². The maximum Gasteiger partial charge on any atom is 0.232 e. The fourth-order valence-corrected chi connectivity index (χ4v) is 0.931. The van der Waals surface area contributed by atoms with Crippen molar-refractivity contribution in [2.24, 2.45) is 0 Å². The van der Waals surface area contributed by atoms with Crippen LogP contribution in [0.2, 0.25) is 0 Å². The van der Waals surface area contributed by atoms with Gasteiger partial charge in [-0.25, -0.2) is 0 Å². The number of carbonyl (C=O) groups excluding carboxylic acids is 1. The Balaban J connectivity index is 3.77. The molecule has 0 saturated carbocycles. The lowest BCUT2D eigenvalue weighted by atomic mass is 10.1. The molecular formula is C8H17NO2S. The highest BCUT2D eigenvalue weighted by Crippen LogP contribution is 1.99. The first-order chi connectivity index (χ1) is 5.61. The van der Waals surface area contributed by atoms with E-state index in [4.69, 9.17) is 5.11 Å². The Labute approximate surface area is 79.0 Å². The lowest BCUT2D eigenvalue weighted by Crippen LogP contribution is -2.38. The molecule has 12 heavy (non-hydrogen) atoms. The third kappa shape index (κ3) is 4.62. The minimum absolute atomic E-state index is 0.0707. The largest absolute Gasteiger partial charge is 0.396 e. The Morgan fingerprint density at radius 2 is 2.25 bits per heavy atom. The van der Waals surface area contributed by atoms with Crippen molar-refractivity contribution in [1.82, 2.24) is 5.32 Å². The molecule has 0 fully saturated rings. The second-order valence-corrected chi connectivity index (χ2v) is 3.58. The van der Waals surface area contributed by atoms with Crippen LogP contribution >= 0.6 is 12.6 Å². The number of rotatable bonds is 5. The molecule has 1 amide bonds. The van der Waals surface area contributed by atoms with Crippen LogP contribution in [0.25, 0.3) is 0 Å². The molecule has 0 aliphatic heterocycles. The summed E-state index contributed by atoms with van der Waals surface area (Å²) in [5, 5.41) is 11.2. The summed E-state index contributed by atoms with van der Waals surface area (Å²) in [6, 6.07) is 0.0806. The Kier molecular flexibility index (Phi) is 6.20. The SMILES string of the molecule is CCC(CCO)NC(=O)C(C)S. The van der Waals surface area contributed by atoms with Gasteiger partial charge in [-0.1, -0.05) is 6.92 Å². The third-order valence-electron chi connectivity index (χ3n) is 1.70. The summed E-state index contributed by atoms with van der Waals surface area (Å²) in [6.07, 6.45) is 1.45. The van der Waals surface area contributed by atoms with Gasteiger partial charge in [-0.3, -0.25) is 4.79 Å². The van der Waals surface area contributed by atoms with Gasteiger partial charge in [0.25, 0.3) is 0 Å². The number of aliphatic hydroxyl groups is 1. The maximum absolute atomic E-state index is 11.1. The molecule has 2 N–H and O–H groups in total. The van der Waals surface area contributed by atoms with Crippen molar-refractivity contribution >= 4 is 18.5 Å². The summed E-state index contributed by atoms with van der Waals surface area (Å²) in [5.41, 5.74) is 0. The predicted octanol–water partition coefficient (Wildman–Crippen LogP) is 0.582. The van der Waals surface area contributed by atoms with Crippen LogP contribution < -0.4 is 5.32 Å². The van der Waals surface area contributed by atoms with E-state index in [0.717, 1.165) is 6.42 Å². The van der Waals surface area contributed by atoms with E-state index in [-0.39, 0.29) is 23.8 Å². The summed E-state index contributed by atoms with van der Waals surface area (Å²) >= 11 is 4.00. The van der Waals surface area contributed by atoms with Crippen LogP contribution in [0.4, 0.5) is 0 Å². The second-order valence-electron chi connectivity index (χ2n) is 2.80. The van der Waals surface area contributed by atoms with E-state index in [1.54, 1.807) is 6.92 Å². The minimum Gasteiger partial charge on any atom is -0.396 e. The van der Waals surface area contributed by atoms with Gasteiger partial charge in [0.15, 0.2) is 0 Å². The third-order valence-corrected chi connectivity index (χ3v) is 1.93. The number of amides is 1. The number of thiol groups is 1. The zero-order valence-corrected chi connectivity index (χ0v) is 8.47. The maximum atomic E-state index is 11.1. The standard InChI is InChI=1S/C8H17NO2S/c1-3-7(4-5-10)9-8(11)6(2)12/h6-7,10,12H,3-5H2,1-2H3,(H,9,11). The van der Waals surface area contributed by atoms with Crippen LogP contribution in [-0.4, -0.2) is 28.9 Å². The van der Waals surface area contributed by atoms with E-state index in [0.29, 0.717) is 6.42 Å². The predicted molar refractivity (Wildman–Crippen MR) is 52.4 cm³/mol. The van der Waals surface area contributed by atoms with Crippen LogP contribution in [0.1, 0.15) is 26.7 Å². The average Bonchev–Trinajstić information content (AvgIpc) is 2.03. The van der Waals surface area contributed by atoms with Crippen LogP contribution in [-0.2, 0) is 4.79 Å². The van der Waals surface area contributed by atoms with Crippen molar-refractivity contribution < 1.29 is 9.90 Å². The normalized spacial score (nSPS) is 15.3. The van der Waals surface area contributed by atoms with E-state index in [1.807, 2.05) is 6.92 Å². The van der Waals surface area contributed by atoms with E-state index in [9.17, 15) is 4.79 Å². The van der Waals surface area contributed by atoms with Crippen molar-refractivity contribution in [2.45, 2.75) is 38.0 Å². The second kappa shape index (κ2) is 6.31. The van der Waals surface area contributed by atoms with Gasteiger partial charge in [0.2, 0.25) is 5.91 Å². The minimum atomic E-state index is -0.280. The zero-order valence-electron chi connectivity index (χ0n) is 7.58. The molecule has 0 rings (SSSR count). The van der Waals surface area contributed by atoms with Crippen LogP contribution in [0.3, 0.4) is 0 Å². The number of nitrogens with one attached hydrogen (secondary N) is 1. The van der Waals surface area contributed by atoms with Crippen molar-refractivity contribution in [3.63, 3.8) is 0 Å². The molecule has 0 aromatic rings. The summed E-state index contributed by atoms with van der Waals surface area (Å²) in [6.45, 7) is 3.81. The Hall–Kier alpha value is -0.220. The molecule has 2 unspecified atom stereocenters. The molecule has 3 nitrogen and oxygen atoms in total. The first-order valence-electron chi connectivity index (χ1n) is 4.21. The zero-order chi connectivity index (χ0) is 9.56. The highest BCUT2D eigenvalue weighted by atomic mass is 32.1. The molecule has 0 aromatic heterocycles. The van der Waals surface area contributed by atoms with Crippen LogP contribution in [0.5, 0.6) is 0 Å². The van der Waals surface area contributed by atoms with E-state index in [1.165, 1.54) is 0 Å². The first kappa shape index (κ1) is 11.8. The molecule has 0 aromatic carbocycles. The molecule has 0 saturated heterocycles. The molecule has 0 heterocycles. The average molecular weight is 191 g/mol. The monoisotopic (exact) mass is 191 g/mol. The van der Waals surface area contributed by atoms with Gasteiger partial charge in [0, 0.05) is 12.6 Å². The van der Waals surface area contributed by atoms with E-state index in [2.05, 4.69) is 17.9 Å². The Morgan fingerprint density at radius 3 is 2.58 bits per heavy atom. The number of hydrogen-bond acceptors (Lipinski definition) is 3. The smallest absolute Gasteiger partial charge is 0.232 e. The molecule has 4 heteroatoms. The van der Waals surface area contributed by atoms with Gasteiger partial charge in [-0.2, -0.15) is 12.6 Å². The molecule has 2 atom stereocenters. The molecule has 0 spiro atoms. The Bertz CT molecular complexity index is 139. The van der Waals surface area contributed by atoms with E-state index < -0.39 is 0 Å². The van der Waals surface area contributed by atoms with Gasteiger partial charge in [-0.05, 0) is 19.8 Å². The lowest BCUT2D eigenvalue weighted by molar-refractivity contribution is -0.121. The van der Waals surface area contributed by atoms with Crippen molar-refractivity contribution in [3.05, 3.63) is 0 Å². The molecule has 0 aliphatic carbocycles. The summed E-state index contributed by atoms with van der Waals surface area (Å²) in [7, 11) is 0. The van der Waals surface area contributed by atoms with Gasteiger partial charge < -0.3 is 10.4 Å². The number of hydrogen-bond donors (Lipinski definition) is 3. The summed E-state index contributed by atoms with van der Waals surface area (Å²) in [4.78, 5) is 11.1. The van der Waals surface area contributed by atoms with Gasteiger partial charge in [0.05, 0.1) is 5.25 Å². The topological polar surface area (TPSA) is 49.3 Å². The van der Waals surface area contributed by atoms with Crippen molar-refractivity contribution in [3.8, 4) is 0 Å². The van der Waals surface area contributed by atoms with Crippen LogP contribution in [0.15, 0.2) is 0 Å². The van der Waals surface area contributed by atoms with Crippen molar-refractivity contribution in [1.29, 1.82) is 0 Å². The quantitative estimate of drug-likeness (QED) is 0.557. The fourth-order valence-electron chi connectivity index (χ4n) is 0.856. The van der Waals surface area contributed by atoms with Crippen LogP contribution in [0, 0.1) is 0 Å². The summed E-state index contributed by atoms with van der Waals surface area (Å²) in [5.74, 6) is -0.0707. The van der Waals surface area contributed by atoms with Crippen molar-refractivity contribution in [2.75, 3.05) is 6.61 Å². The Morgan fingerprint density at radius 1 is 1.67 bits per heavy atom. The molecule has 0 aliphatic rings. The highest BCUT2D eigenvalue weighted by Gasteiger charge is 2.12. The lowest BCUT2D eigenvalue weighted by Gasteiger charge is -2.16. The number of carbonyl (C=O) groups is 1. The molecule has 0 radical (unpaired) electrons. The fraction of sp³-hybridized carbons (Fsp3) is 0.875. The van der Waals surface area contributed by atoms with Gasteiger partial charge in [0.1, 0.15) is 0 Å². The highest BCUT2D eigenvalue weighted by molar-refractivity contribution is 7.81. The molecule has 72 valence electrons. The summed E-state index contributed by atoms with van der Waals surface area (Å²) < 4.78 is 0. The first-order valence-corrected chi connectivity index (χ1v) is 4.72. The molecular weight excluding hydrogens is 174 g/mol. The number of aliphatic hydroxyl groups excluding tert-OH is 1. The van der Waals surface area contributed by atoms with Gasteiger partial charge >= 0.3 is 0 Å². The molecule has 0 bridgehead atoms.